The highest BCUT2D eigenvalue weighted by Gasteiger charge is 2.23. The lowest BCUT2D eigenvalue weighted by molar-refractivity contribution is -0.119. The zero-order chi connectivity index (χ0) is 21.8. The number of nitrogens with one attached hydrogen (secondary N) is 1. The predicted molar refractivity (Wildman–Crippen MR) is 122 cm³/mol. The number of aromatic nitrogens is 2. The van der Waals surface area contributed by atoms with Crippen LogP contribution in [0.25, 0.3) is 10.9 Å². The van der Waals surface area contributed by atoms with E-state index in [-0.39, 0.29) is 35.6 Å². The van der Waals surface area contributed by atoms with Crippen molar-refractivity contribution < 1.29 is 9.18 Å². The third-order valence-corrected chi connectivity index (χ3v) is 6.85. The molecule has 162 valence electrons. The molecule has 4 rings (SSSR count). The molecule has 0 saturated heterocycles. The van der Waals surface area contributed by atoms with Gasteiger partial charge in [-0.1, -0.05) is 55.8 Å². The highest BCUT2D eigenvalue weighted by atomic mass is 32.2. The van der Waals surface area contributed by atoms with E-state index in [4.69, 9.17) is 0 Å². The molecule has 7 heteroatoms. The first kappa shape index (κ1) is 21.6. The van der Waals surface area contributed by atoms with Gasteiger partial charge < -0.3 is 5.32 Å². The van der Waals surface area contributed by atoms with Crippen LogP contribution in [0.1, 0.15) is 38.2 Å². The summed E-state index contributed by atoms with van der Waals surface area (Å²) < 4.78 is 14.9. The summed E-state index contributed by atoms with van der Waals surface area (Å²) >= 11 is 1.26. The van der Waals surface area contributed by atoms with Crippen molar-refractivity contribution in [1.29, 1.82) is 0 Å². The molecule has 0 unspecified atom stereocenters. The largest absolute Gasteiger partial charge is 0.352 e. The van der Waals surface area contributed by atoms with E-state index in [9.17, 15) is 14.0 Å². The van der Waals surface area contributed by atoms with Crippen molar-refractivity contribution in [2.24, 2.45) is 5.92 Å². The lowest BCUT2D eigenvalue weighted by Crippen LogP contribution is -2.42. The number of benzene rings is 2. The summed E-state index contributed by atoms with van der Waals surface area (Å²) in [7, 11) is 0. The molecule has 31 heavy (non-hydrogen) atoms. The Hall–Kier alpha value is -2.67. The number of thioether (sulfide) groups is 1. The van der Waals surface area contributed by atoms with Crippen LogP contribution in [0.3, 0.4) is 0 Å². The maximum Gasteiger partial charge on any atom is 0.262 e. The van der Waals surface area contributed by atoms with Crippen LogP contribution >= 0.6 is 11.8 Å². The third-order valence-electron chi connectivity index (χ3n) is 5.87. The van der Waals surface area contributed by atoms with Crippen molar-refractivity contribution in [3.8, 4) is 0 Å². The van der Waals surface area contributed by atoms with Gasteiger partial charge in [-0.15, -0.1) is 0 Å². The molecular formula is C24H26FN3O2S. The van der Waals surface area contributed by atoms with E-state index in [0.29, 0.717) is 22.0 Å². The van der Waals surface area contributed by atoms with Crippen molar-refractivity contribution in [2.45, 2.75) is 50.4 Å². The van der Waals surface area contributed by atoms with Gasteiger partial charge in [-0.2, -0.15) is 0 Å². The lowest BCUT2D eigenvalue weighted by Gasteiger charge is -2.29. The molecule has 0 bridgehead atoms. The molecule has 5 nitrogen and oxygen atoms in total. The van der Waals surface area contributed by atoms with E-state index in [2.05, 4.69) is 17.2 Å². The van der Waals surface area contributed by atoms with Crippen LogP contribution in [0.2, 0.25) is 0 Å². The molecular weight excluding hydrogens is 413 g/mol. The van der Waals surface area contributed by atoms with E-state index >= 15 is 0 Å². The van der Waals surface area contributed by atoms with Crippen LogP contribution in [-0.2, 0) is 11.3 Å². The van der Waals surface area contributed by atoms with Crippen LogP contribution in [0, 0.1) is 11.7 Å². The van der Waals surface area contributed by atoms with E-state index in [1.807, 2.05) is 6.07 Å². The summed E-state index contributed by atoms with van der Waals surface area (Å²) in [6, 6.07) is 13.5. The molecule has 3 aromatic rings. The number of halogens is 1. The van der Waals surface area contributed by atoms with Gasteiger partial charge in [-0.25, -0.2) is 9.37 Å². The maximum atomic E-state index is 13.3. The second-order valence-electron chi connectivity index (χ2n) is 8.15. The zero-order valence-electron chi connectivity index (χ0n) is 17.5. The van der Waals surface area contributed by atoms with E-state index in [0.717, 1.165) is 24.8 Å². The first-order valence-corrected chi connectivity index (χ1v) is 11.7. The molecule has 0 spiro atoms. The Morgan fingerprint density at radius 3 is 2.68 bits per heavy atom. The molecule has 1 amide bonds. The second kappa shape index (κ2) is 9.64. The monoisotopic (exact) mass is 439 g/mol. The molecule has 0 radical (unpaired) electrons. The molecule has 0 aliphatic heterocycles. The standard InChI is InChI=1S/C24H26FN3O2S/c1-16-6-2-4-8-20(16)26-22(29)15-31-24-27-21-9-5-3-7-19(21)23(30)28(24)14-17-10-12-18(25)13-11-17/h3,5,7,9-13,16,20H,2,4,6,8,14-15H2,1H3,(H,26,29)/t16-,20-/m1/s1. The van der Waals surface area contributed by atoms with Gasteiger partial charge in [0.1, 0.15) is 5.82 Å². The quantitative estimate of drug-likeness (QED) is 0.458. The van der Waals surface area contributed by atoms with Gasteiger partial charge in [-0.3, -0.25) is 14.2 Å². The number of carbonyl (C=O) groups is 1. The van der Waals surface area contributed by atoms with Crippen LogP contribution in [-0.4, -0.2) is 27.3 Å². The van der Waals surface area contributed by atoms with E-state index < -0.39 is 0 Å². The fraction of sp³-hybridized carbons (Fsp3) is 0.375. The van der Waals surface area contributed by atoms with Crippen LogP contribution in [0.4, 0.5) is 4.39 Å². The predicted octanol–water partition coefficient (Wildman–Crippen LogP) is 4.37. The minimum Gasteiger partial charge on any atom is -0.352 e. The normalized spacial score (nSPS) is 18.8. The Kier molecular flexibility index (Phi) is 6.70. The summed E-state index contributed by atoms with van der Waals surface area (Å²) in [6.07, 6.45) is 4.52. The summed E-state index contributed by atoms with van der Waals surface area (Å²) in [4.78, 5) is 30.4. The highest BCUT2D eigenvalue weighted by molar-refractivity contribution is 7.99. The number of hydrogen-bond donors (Lipinski definition) is 1. The molecule has 1 heterocycles. The molecule has 1 fully saturated rings. The van der Waals surface area contributed by atoms with Gasteiger partial charge in [0.05, 0.1) is 23.2 Å². The zero-order valence-corrected chi connectivity index (χ0v) is 18.3. The maximum absolute atomic E-state index is 13.3. The first-order valence-electron chi connectivity index (χ1n) is 10.7. The van der Waals surface area contributed by atoms with Crippen molar-refractivity contribution in [1.82, 2.24) is 14.9 Å². The fourth-order valence-electron chi connectivity index (χ4n) is 4.08. The molecule has 1 aliphatic carbocycles. The number of nitrogens with zero attached hydrogens (tertiary/aromatic N) is 2. The van der Waals surface area contributed by atoms with Gasteiger partial charge >= 0.3 is 0 Å². The number of carbonyl (C=O) groups excluding carboxylic acids is 1. The Balaban J connectivity index is 1.57. The summed E-state index contributed by atoms with van der Waals surface area (Å²) in [6.45, 7) is 2.45. The summed E-state index contributed by atoms with van der Waals surface area (Å²) in [5, 5.41) is 4.16. The highest BCUT2D eigenvalue weighted by Crippen LogP contribution is 2.24. The Labute approximate surface area is 185 Å². The molecule has 1 saturated carbocycles. The minimum absolute atomic E-state index is 0.0421. The Bertz CT molecular complexity index is 1130. The van der Waals surface area contributed by atoms with Crippen LogP contribution < -0.4 is 10.9 Å². The summed E-state index contributed by atoms with van der Waals surface area (Å²) in [5.74, 6) is 0.311. The third kappa shape index (κ3) is 5.15. The minimum atomic E-state index is -0.323. The van der Waals surface area contributed by atoms with Gasteiger partial charge in [-0.05, 0) is 48.6 Å². The fourth-order valence-corrected chi connectivity index (χ4v) is 4.89. The van der Waals surface area contributed by atoms with Crippen molar-refractivity contribution in [3.63, 3.8) is 0 Å². The molecule has 1 aliphatic rings. The van der Waals surface area contributed by atoms with Crippen LogP contribution in [0.15, 0.2) is 58.5 Å². The first-order chi connectivity index (χ1) is 15.0. The van der Waals surface area contributed by atoms with Gasteiger partial charge in [0, 0.05) is 6.04 Å². The van der Waals surface area contributed by atoms with Crippen molar-refractivity contribution in [2.75, 3.05) is 5.75 Å². The molecule has 2 aromatic carbocycles. The number of rotatable bonds is 6. The van der Waals surface area contributed by atoms with E-state index in [1.165, 1.54) is 30.3 Å². The van der Waals surface area contributed by atoms with Crippen molar-refractivity contribution >= 4 is 28.6 Å². The van der Waals surface area contributed by atoms with Gasteiger partial charge in [0.2, 0.25) is 5.91 Å². The molecule has 2 atom stereocenters. The number of para-hydroxylation sites is 1. The van der Waals surface area contributed by atoms with Gasteiger partial charge in [0.25, 0.3) is 5.56 Å². The SMILES string of the molecule is C[C@@H]1CCCC[C@H]1NC(=O)CSc1nc2ccccc2c(=O)n1Cc1ccc(F)cc1. The lowest BCUT2D eigenvalue weighted by atomic mass is 9.86. The second-order valence-corrected chi connectivity index (χ2v) is 9.10. The Morgan fingerprint density at radius 1 is 1.16 bits per heavy atom. The summed E-state index contributed by atoms with van der Waals surface area (Å²) in [5.41, 5.74) is 1.23. The number of amides is 1. The Morgan fingerprint density at radius 2 is 1.90 bits per heavy atom. The van der Waals surface area contributed by atoms with Gasteiger partial charge in [0.15, 0.2) is 5.16 Å². The van der Waals surface area contributed by atoms with Crippen molar-refractivity contribution in [3.05, 3.63) is 70.3 Å². The van der Waals surface area contributed by atoms with Crippen LogP contribution in [0.5, 0.6) is 0 Å². The molecule has 1 N–H and O–H groups in total. The smallest absolute Gasteiger partial charge is 0.262 e. The topological polar surface area (TPSA) is 64.0 Å². The van der Waals surface area contributed by atoms with E-state index in [1.54, 1.807) is 34.9 Å². The average molecular weight is 440 g/mol. The number of fused-ring (bicyclic) bond motifs is 1. The number of hydrogen-bond acceptors (Lipinski definition) is 4. The average Bonchev–Trinajstić information content (AvgIpc) is 2.77. The molecule has 1 aromatic heterocycles.